The summed E-state index contributed by atoms with van der Waals surface area (Å²) in [6, 6.07) is 0. The number of carbonyl (C=O) groups excluding carboxylic acids is 1. The van der Waals surface area contributed by atoms with Gasteiger partial charge in [0.2, 0.25) is 0 Å². The van der Waals surface area contributed by atoms with Crippen LogP contribution in [-0.4, -0.2) is 28.1 Å². The van der Waals surface area contributed by atoms with E-state index in [1.54, 1.807) is 13.0 Å². The molecule has 1 aliphatic rings. The lowest BCUT2D eigenvalue weighted by Crippen LogP contribution is -2.14. The summed E-state index contributed by atoms with van der Waals surface area (Å²) >= 11 is 0. The van der Waals surface area contributed by atoms with Crippen LogP contribution in [0.4, 0.5) is 0 Å². The van der Waals surface area contributed by atoms with Crippen molar-refractivity contribution in [3.05, 3.63) is 12.2 Å². The molecule has 3 unspecified atom stereocenters. The van der Waals surface area contributed by atoms with Crippen LogP contribution in [-0.2, 0) is 9.59 Å². The first-order valence-electron chi connectivity index (χ1n) is 6.60. The number of carboxylic acid groups (broad SMARTS) is 1. The number of ketones is 1. The number of carbonyl (C=O) groups is 2. The van der Waals surface area contributed by atoms with E-state index in [2.05, 4.69) is 0 Å². The highest BCUT2D eigenvalue weighted by atomic mass is 16.4. The molecule has 4 nitrogen and oxygen atoms in total. The summed E-state index contributed by atoms with van der Waals surface area (Å²) in [5.41, 5.74) is 0. The molecule has 102 valence electrons. The van der Waals surface area contributed by atoms with E-state index in [0.717, 1.165) is 12.8 Å². The Balaban J connectivity index is 2.41. The normalized spacial score (nSPS) is 25.8. The van der Waals surface area contributed by atoms with Gasteiger partial charge in [-0.2, -0.15) is 0 Å². The summed E-state index contributed by atoms with van der Waals surface area (Å²) in [5.74, 6) is -0.153. The van der Waals surface area contributed by atoms with Crippen LogP contribution in [0.2, 0.25) is 0 Å². The Labute approximate surface area is 108 Å². The Morgan fingerprint density at radius 1 is 1.56 bits per heavy atom. The monoisotopic (exact) mass is 254 g/mol. The van der Waals surface area contributed by atoms with Gasteiger partial charge in [-0.05, 0) is 38.5 Å². The Bertz CT molecular complexity index is 320. The van der Waals surface area contributed by atoms with Crippen LogP contribution < -0.4 is 0 Å². The van der Waals surface area contributed by atoms with Crippen molar-refractivity contribution in [3.8, 4) is 0 Å². The first-order valence-corrected chi connectivity index (χ1v) is 6.60. The van der Waals surface area contributed by atoms with E-state index < -0.39 is 12.1 Å². The van der Waals surface area contributed by atoms with Gasteiger partial charge >= 0.3 is 5.97 Å². The van der Waals surface area contributed by atoms with Crippen LogP contribution in [0.5, 0.6) is 0 Å². The lowest BCUT2D eigenvalue weighted by molar-refractivity contribution is -0.137. The van der Waals surface area contributed by atoms with Crippen LogP contribution in [0.15, 0.2) is 12.2 Å². The van der Waals surface area contributed by atoms with Gasteiger partial charge in [-0.15, -0.1) is 0 Å². The number of carboxylic acids is 1. The Hall–Kier alpha value is -1.16. The third kappa shape index (κ3) is 5.00. The Morgan fingerprint density at radius 2 is 2.28 bits per heavy atom. The van der Waals surface area contributed by atoms with Crippen LogP contribution in [0.25, 0.3) is 0 Å². The van der Waals surface area contributed by atoms with Gasteiger partial charge in [-0.1, -0.05) is 12.2 Å². The second-order valence-corrected chi connectivity index (χ2v) is 5.06. The van der Waals surface area contributed by atoms with E-state index in [9.17, 15) is 9.59 Å². The molecule has 0 aromatic carbocycles. The standard InChI is InChI=1S/C14H22O4/c1-10(15)4-2-6-12-11(8-9-13(12)16)5-3-7-14(17)18/h2,4,10-12,15H,3,5-9H2,1H3,(H,17,18). The molecule has 0 aromatic heterocycles. The zero-order valence-corrected chi connectivity index (χ0v) is 10.8. The first-order chi connectivity index (χ1) is 8.50. The van der Waals surface area contributed by atoms with Gasteiger partial charge < -0.3 is 10.2 Å². The Morgan fingerprint density at radius 3 is 2.89 bits per heavy atom. The number of Topliss-reactive ketones (excluding diaryl/α,β-unsaturated/α-hetero) is 1. The number of hydrogen-bond acceptors (Lipinski definition) is 3. The number of aliphatic carboxylic acids is 1. The van der Waals surface area contributed by atoms with Gasteiger partial charge in [-0.25, -0.2) is 0 Å². The van der Waals surface area contributed by atoms with E-state index in [4.69, 9.17) is 10.2 Å². The van der Waals surface area contributed by atoms with Crippen molar-refractivity contribution >= 4 is 11.8 Å². The van der Waals surface area contributed by atoms with Crippen molar-refractivity contribution in [3.63, 3.8) is 0 Å². The number of aliphatic hydroxyl groups excluding tert-OH is 1. The number of allylic oxidation sites excluding steroid dienone is 1. The molecule has 3 atom stereocenters. The van der Waals surface area contributed by atoms with Gasteiger partial charge in [0, 0.05) is 18.8 Å². The Kier molecular flexibility index (Phi) is 6.05. The highest BCUT2D eigenvalue weighted by molar-refractivity contribution is 5.83. The summed E-state index contributed by atoms with van der Waals surface area (Å²) in [6.07, 6.45) is 6.88. The summed E-state index contributed by atoms with van der Waals surface area (Å²) in [7, 11) is 0. The lowest BCUT2D eigenvalue weighted by atomic mass is 9.88. The maximum absolute atomic E-state index is 11.7. The summed E-state index contributed by atoms with van der Waals surface area (Å²) < 4.78 is 0. The topological polar surface area (TPSA) is 74.6 Å². The summed E-state index contributed by atoms with van der Waals surface area (Å²) in [4.78, 5) is 22.2. The predicted molar refractivity (Wildman–Crippen MR) is 68.1 cm³/mol. The third-order valence-electron chi connectivity index (χ3n) is 3.51. The average Bonchev–Trinajstić information content (AvgIpc) is 2.60. The van der Waals surface area contributed by atoms with Gasteiger partial charge in [-0.3, -0.25) is 9.59 Å². The van der Waals surface area contributed by atoms with E-state index in [1.807, 2.05) is 6.08 Å². The SMILES string of the molecule is CC(O)C=CCC1C(=O)CCC1CCCC(=O)O. The van der Waals surface area contributed by atoms with Crippen LogP contribution in [0.1, 0.15) is 45.4 Å². The molecule has 2 N–H and O–H groups in total. The van der Waals surface area contributed by atoms with Gasteiger partial charge in [0.25, 0.3) is 0 Å². The molecule has 1 rings (SSSR count). The number of rotatable bonds is 7. The molecule has 0 saturated heterocycles. The van der Waals surface area contributed by atoms with E-state index in [1.165, 1.54) is 0 Å². The fourth-order valence-electron chi connectivity index (χ4n) is 2.58. The van der Waals surface area contributed by atoms with Crippen molar-refractivity contribution in [1.29, 1.82) is 0 Å². The molecule has 0 aliphatic heterocycles. The maximum Gasteiger partial charge on any atom is 0.303 e. The van der Waals surface area contributed by atoms with Crippen LogP contribution >= 0.6 is 0 Å². The molecular weight excluding hydrogens is 232 g/mol. The van der Waals surface area contributed by atoms with Gasteiger partial charge in [0.15, 0.2) is 0 Å². The second-order valence-electron chi connectivity index (χ2n) is 5.06. The summed E-state index contributed by atoms with van der Waals surface area (Å²) in [6.45, 7) is 1.68. The molecule has 1 saturated carbocycles. The smallest absolute Gasteiger partial charge is 0.303 e. The highest BCUT2D eigenvalue weighted by Gasteiger charge is 2.33. The lowest BCUT2D eigenvalue weighted by Gasteiger charge is -2.16. The average molecular weight is 254 g/mol. The molecule has 0 radical (unpaired) electrons. The fourth-order valence-corrected chi connectivity index (χ4v) is 2.58. The third-order valence-corrected chi connectivity index (χ3v) is 3.51. The minimum absolute atomic E-state index is 0.0220. The molecule has 0 bridgehead atoms. The zero-order chi connectivity index (χ0) is 13.5. The minimum atomic E-state index is -0.773. The zero-order valence-electron chi connectivity index (χ0n) is 10.8. The molecule has 4 heteroatoms. The maximum atomic E-state index is 11.7. The molecule has 1 fully saturated rings. The quantitative estimate of drug-likeness (QED) is 0.683. The molecule has 0 heterocycles. The van der Waals surface area contributed by atoms with Crippen molar-refractivity contribution in [1.82, 2.24) is 0 Å². The summed E-state index contributed by atoms with van der Waals surface area (Å²) in [5, 5.41) is 17.7. The predicted octanol–water partition coefficient (Wildman–Crippen LogP) is 2.16. The molecule has 0 spiro atoms. The molecular formula is C14H22O4. The second kappa shape index (κ2) is 7.31. The minimum Gasteiger partial charge on any atom is -0.481 e. The van der Waals surface area contributed by atoms with Gasteiger partial charge in [0.05, 0.1) is 6.10 Å². The fraction of sp³-hybridized carbons (Fsp3) is 0.714. The van der Waals surface area contributed by atoms with Crippen molar-refractivity contribution in [2.75, 3.05) is 0 Å². The van der Waals surface area contributed by atoms with Gasteiger partial charge in [0.1, 0.15) is 5.78 Å². The van der Waals surface area contributed by atoms with E-state index in [0.29, 0.717) is 25.2 Å². The number of aliphatic hydroxyl groups is 1. The largest absolute Gasteiger partial charge is 0.481 e. The van der Waals surface area contributed by atoms with Crippen LogP contribution in [0, 0.1) is 11.8 Å². The first kappa shape index (κ1) is 14.9. The van der Waals surface area contributed by atoms with Crippen LogP contribution in [0.3, 0.4) is 0 Å². The van der Waals surface area contributed by atoms with Crippen molar-refractivity contribution in [2.45, 2.75) is 51.6 Å². The van der Waals surface area contributed by atoms with E-state index >= 15 is 0 Å². The molecule has 1 aliphatic carbocycles. The van der Waals surface area contributed by atoms with Crippen molar-refractivity contribution < 1.29 is 19.8 Å². The highest BCUT2D eigenvalue weighted by Crippen LogP contribution is 2.35. The molecule has 0 amide bonds. The van der Waals surface area contributed by atoms with E-state index in [-0.39, 0.29) is 18.1 Å². The van der Waals surface area contributed by atoms with Crippen molar-refractivity contribution in [2.24, 2.45) is 11.8 Å². The number of hydrogen-bond donors (Lipinski definition) is 2. The molecule has 18 heavy (non-hydrogen) atoms. The molecule has 0 aromatic rings.